The number of rotatable bonds is 4. The minimum absolute atomic E-state index is 0.356. The molecule has 2 aromatic rings. The number of aromatic nitrogens is 2. The minimum Gasteiger partial charge on any atom is -0.296 e. The number of allylic oxidation sites excluding steroid dienone is 1. The van der Waals surface area contributed by atoms with Gasteiger partial charge in [0.05, 0.1) is 12.2 Å². The summed E-state index contributed by atoms with van der Waals surface area (Å²) in [6.45, 7) is 3.93. The molecule has 0 unspecified atom stereocenters. The molecule has 0 saturated carbocycles. The van der Waals surface area contributed by atoms with Crippen LogP contribution >= 0.6 is 0 Å². The Labute approximate surface area is 102 Å². The van der Waals surface area contributed by atoms with Gasteiger partial charge in [-0.2, -0.15) is 5.10 Å². The van der Waals surface area contributed by atoms with E-state index < -0.39 is 11.6 Å². The Morgan fingerprint density at radius 3 is 2.67 bits per heavy atom. The van der Waals surface area contributed by atoms with Crippen LogP contribution in [-0.4, -0.2) is 16.1 Å². The van der Waals surface area contributed by atoms with Crippen molar-refractivity contribution in [2.45, 2.75) is 6.54 Å². The SMILES string of the molecule is C=CCn1nc(-c2ccc(F)c(F)c2)cc1C=O. The Balaban J connectivity index is 2.46. The van der Waals surface area contributed by atoms with E-state index in [0.29, 0.717) is 29.8 Å². The zero-order chi connectivity index (χ0) is 13.1. The molecule has 0 aliphatic carbocycles. The van der Waals surface area contributed by atoms with Gasteiger partial charge in [0.1, 0.15) is 5.69 Å². The number of hydrogen-bond donors (Lipinski definition) is 0. The second-order valence-corrected chi connectivity index (χ2v) is 3.67. The summed E-state index contributed by atoms with van der Waals surface area (Å²) in [6.07, 6.45) is 2.24. The fourth-order valence-corrected chi connectivity index (χ4v) is 1.59. The van der Waals surface area contributed by atoms with E-state index >= 15 is 0 Å². The Hall–Kier alpha value is -2.30. The lowest BCUT2D eigenvalue weighted by molar-refractivity contribution is 0.111. The number of aldehydes is 1. The predicted octanol–water partition coefficient (Wildman–Crippen LogP) is 2.83. The molecule has 0 aliphatic heterocycles. The first-order valence-corrected chi connectivity index (χ1v) is 5.25. The molecule has 2 rings (SSSR count). The number of benzene rings is 1. The van der Waals surface area contributed by atoms with Crippen LogP contribution in [0.1, 0.15) is 10.5 Å². The number of nitrogens with zero attached hydrogens (tertiary/aromatic N) is 2. The molecule has 0 atom stereocenters. The Morgan fingerprint density at radius 1 is 1.28 bits per heavy atom. The molecule has 1 aromatic heterocycles. The van der Waals surface area contributed by atoms with Gasteiger partial charge >= 0.3 is 0 Å². The van der Waals surface area contributed by atoms with Crippen LogP contribution in [0.25, 0.3) is 11.3 Å². The summed E-state index contributed by atoms with van der Waals surface area (Å²) in [7, 11) is 0. The normalized spacial score (nSPS) is 10.3. The first kappa shape index (κ1) is 12.2. The van der Waals surface area contributed by atoms with E-state index in [1.54, 1.807) is 6.08 Å². The van der Waals surface area contributed by atoms with E-state index in [4.69, 9.17) is 0 Å². The lowest BCUT2D eigenvalue weighted by atomic mass is 10.1. The third kappa shape index (κ3) is 2.20. The van der Waals surface area contributed by atoms with Gasteiger partial charge in [-0.25, -0.2) is 8.78 Å². The summed E-state index contributed by atoms with van der Waals surface area (Å²) in [5.74, 6) is -1.86. The quantitative estimate of drug-likeness (QED) is 0.616. The summed E-state index contributed by atoms with van der Waals surface area (Å²) in [6, 6.07) is 5.00. The highest BCUT2D eigenvalue weighted by molar-refractivity contribution is 5.75. The Bertz CT molecular complexity index is 605. The minimum atomic E-state index is -0.946. The van der Waals surface area contributed by atoms with Crippen molar-refractivity contribution in [1.29, 1.82) is 0 Å². The van der Waals surface area contributed by atoms with E-state index in [-0.39, 0.29) is 0 Å². The van der Waals surface area contributed by atoms with Crippen LogP contribution in [0.5, 0.6) is 0 Å². The van der Waals surface area contributed by atoms with Gasteiger partial charge < -0.3 is 0 Å². The molecule has 0 aliphatic rings. The van der Waals surface area contributed by atoms with Gasteiger partial charge in [-0.1, -0.05) is 6.08 Å². The van der Waals surface area contributed by atoms with Crippen LogP contribution in [0.2, 0.25) is 0 Å². The largest absolute Gasteiger partial charge is 0.296 e. The highest BCUT2D eigenvalue weighted by Crippen LogP contribution is 2.21. The maximum absolute atomic E-state index is 13.1. The zero-order valence-corrected chi connectivity index (χ0v) is 9.44. The van der Waals surface area contributed by atoms with Crippen LogP contribution in [0.4, 0.5) is 8.78 Å². The lowest BCUT2D eigenvalue weighted by Crippen LogP contribution is -2.01. The van der Waals surface area contributed by atoms with Gasteiger partial charge in [0.25, 0.3) is 0 Å². The monoisotopic (exact) mass is 248 g/mol. The number of halogens is 2. The topological polar surface area (TPSA) is 34.9 Å². The van der Waals surface area contributed by atoms with Crippen LogP contribution in [0.3, 0.4) is 0 Å². The number of carbonyl (C=O) groups is 1. The molecule has 1 heterocycles. The summed E-state index contributed by atoms with van der Waals surface area (Å²) in [4.78, 5) is 10.8. The number of carbonyl (C=O) groups excluding carboxylic acids is 1. The smallest absolute Gasteiger partial charge is 0.168 e. The van der Waals surface area contributed by atoms with Gasteiger partial charge in [0, 0.05) is 5.56 Å². The molecular formula is C13H10F2N2O. The highest BCUT2D eigenvalue weighted by Gasteiger charge is 2.10. The fraction of sp³-hybridized carbons (Fsp3) is 0.0769. The summed E-state index contributed by atoms with van der Waals surface area (Å²) in [5.41, 5.74) is 1.19. The van der Waals surface area contributed by atoms with E-state index in [9.17, 15) is 13.6 Å². The van der Waals surface area contributed by atoms with Crippen molar-refractivity contribution in [3.63, 3.8) is 0 Å². The average Bonchev–Trinajstić information content (AvgIpc) is 2.76. The van der Waals surface area contributed by atoms with Gasteiger partial charge in [0.2, 0.25) is 0 Å². The summed E-state index contributed by atoms with van der Waals surface area (Å²) in [5, 5.41) is 4.14. The van der Waals surface area contributed by atoms with Crippen molar-refractivity contribution in [3.05, 3.63) is 54.2 Å². The summed E-state index contributed by atoms with van der Waals surface area (Å²) >= 11 is 0. The van der Waals surface area contributed by atoms with Crippen LogP contribution in [0, 0.1) is 11.6 Å². The van der Waals surface area contributed by atoms with Gasteiger partial charge in [0.15, 0.2) is 17.9 Å². The maximum Gasteiger partial charge on any atom is 0.168 e. The van der Waals surface area contributed by atoms with Crippen LogP contribution < -0.4 is 0 Å². The molecule has 0 spiro atoms. The Kier molecular flexibility index (Phi) is 3.32. The molecule has 1 aromatic carbocycles. The third-order valence-electron chi connectivity index (χ3n) is 2.45. The molecule has 0 amide bonds. The van der Waals surface area contributed by atoms with Crippen molar-refractivity contribution in [2.75, 3.05) is 0 Å². The first-order valence-electron chi connectivity index (χ1n) is 5.25. The predicted molar refractivity (Wildman–Crippen MR) is 63.2 cm³/mol. The highest BCUT2D eigenvalue weighted by atomic mass is 19.2. The number of hydrogen-bond acceptors (Lipinski definition) is 2. The van der Waals surface area contributed by atoms with Gasteiger partial charge in [-0.15, -0.1) is 6.58 Å². The molecule has 18 heavy (non-hydrogen) atoms. The second kappa shape index (κ2) is 4.91. The molecule has 0 fully saturated rings. The molecule has 3 nitrogen and oxygen atoms in total. The lowest BCUT2D eigenvalue weighted by Gasteiger charge is -1.98. The van der Waals surface area contributed by atoms with Crippen molar-refractivity contribution < 1.29 is 13.6 Å². The molecule has 0 radical (unpaired) electrons. The van der Waals surface area contributed by atoms with E-state index in [1.165, 1.54) is 16.8 Å². The molecule has 0 bridgehead atoms. The maximum atomic E-state index is 13.1. The first-order chi connectivity index (χ1) is 8.65. The van der Waals surface area contributed by atoms with Crippen LogP contribution in [-0.2, 0) is 6.54 Å². The van der Waals surface area contributed by atoms with Crippen molar-refractivity contribution in [1.82, 2.24) is 9.78 Å². The zero-order valence-electron chi connectivity index (χ0n) is 9.44. The van der Waals surface area contributed by atoms with E-state index in [1.807, 2.05) is 0 Å². The standard InChI is InChI=1S/C13H10F2N2O/c1-2-5-17-10(8-18)7-13(16-17)9-3-4-11(14)12(15)6-9/h2-4,6-8H,1,5H2. The van der Waals surface area contributed by atoms with Gasteiger partial charge in [-0.3, -0.25) is 9.48 Å². The second-order valence-electron chi connectivity index (χ2n) is 3.67. The van der Waals surface area contributed by atoms with Gasteiger partial charge in [-0.05, 0) is 24.3 Å². The van der Waals surface area contributed by atoms with Crippen molar-refractivity contribution in [2.24, 2.45) is 0 Å². The molecular weight excluding hydrogens is 238 g/mol. The van der Waals surface area contributed by atoms with E-state index in [2.05, 4.69) is 11.7 Å². The van der Waals surface area contributed by atoms with Crippen molar-refractivity contribution >= 4 is 6.29 Å². The fourth-order valence-electron chi connectivity index (χ4n) is 1.59. The summed E-state index contributed by atoms with van der Waals surface area (Å²) < 4.78 is 27.4. The molecule has 5 heteroatoms. The third-order valence-corrected chi connectivity index (χ3v) is 2.45. The van der Waals surface area contributed by atoms with Crippen LogP contribution in [0.15, 0.2) is 36.9 Å². The van der Waals surface area contributed by atoms with Crippen molar-refractivity contribution in [3.8, 4) is 11.3 Å². The molecule has 0 saturated heterocycles. The molecule has 0 N–H and O–H groups in total. The Morgan fingerprint density at radius 2 is 2.06 bits per heavy atom. The average molecular weight is 248 g/mol. The molecule has 92 valence electrons. The van der Waals surface area contributed by atoms with E-state index in [0.717, 1.165) is 12.1 Å².